The number of nitrogens with zero attached hydrogens (tertiary/aromatic N) is 1. The number of carbonyl (C=O) groups is 1. The van der Waals surface area contributed by atoms with Crippen LogP contribution in [0.5, 0.6) is 5.88 Å². The highest BCUT2D eigenvalue weighted by molar-refractivity contribution is 6.03. The monoisotopic (exact) mass is 382 g/mol. The molecule has 0 aromatic carbocycles. The van der Waals surface area contributed by atoms with Crippen LogP contribution in [0, 0.1) is 5.92 Å². The van der Waals surface area contributed by atoms with E-state index in [1.165, 1.54) is 0 Å². The first-order valence-corrected chi connectivity index (χ1v) is 7.92. The summed E-state index contributed by atoms with van der Waals surface area (Å²) in [6, 6.07) is -0.495. The van der Waals surface area contributed by atoms with Crippen molar-refractivity contribution >= 4 is 17.3 Å². The zero-order chi connectivity index (χ0) is 19.5. The molecule has 0 aliphatic heterocycles. The summed E-state index contributed by atoms with van der Waals surface area (Å²) in [5.74, 6) is -2.57. The van der Waals surface area contributed by atoms with Gasteiger partial charge in [0.05, 0.1) is 23.5 Å². The molecule has 0 atom stereocenters. The number of halogens is 5. The SMILES string of the molecule is Nc1cnc(OCC(F)F)c(C(=O)NC2CCC(C(F)(F)F)CC2)c1N. The number of anilines is 2. The lowest BCUT2D eigenvalue weighted by molar-refractivity contribution is -0.182. The molecule has 1 aliphatic rings. The Morgan fingerprint density at radius 3 is 2.42 bits per heavy atom. The van der Waals surface area contributed by atoms with Crippen molar-refractivity contribution in [3.05, 3.63) is 11.8 Å². The van der Waals surface area contributed by atoms with E-state index in [4.69, 9.17) is 16.2 Å². The van der Waals surface area contributed by atoms with Gasteiger partial charge < -0.3 is 21.5 Å². The molecule has 0 bridgehead atoms. The Balaban J connectivity index is 2.08. The molecule has 1 aromatic rings. The van der Waals surface area contributed by atoms with Gasteiger partial charge in [-0.3, -0.25) is 4.79 Å². The van der Waals surface area contributed by atoms with Gasteiger partial charge in [-0.1, -0.05) is 0 Å². The first kappa shape index (κ1) is 20.0. The Bertz CT molecular complexity index is 646. The summed E-state index contributed by atoms with van der Waals surface area (Å²) in [6.07, 6.45) is -5.90. The molecular weight excluding hydrogens is 363 g/mol. The first-order chi connectivity index (χ1) is 12.1. The molecule has 1 aliphatic carbocycles. The van der Waals surface area contributed by atoms with Crippen LogP contribution in [0.3, 0.4) is 0 Å². The van der Waals surface area contributed by atoms with Crippen molar-refractivity contribution in [1.29, 1.82) is 0 Å². The van der Waals surface area contributed by atoms with Crippen LogP contribution in [0.25, 0.3) is 0 Å². The summed E-state index contributed by atoms with van der Waals surface area (Å²) in [7, 11) is 0. The predicted molar refractivity (Wildman–Crippen MR) is 83.8 cm³/mol. The summed E-state index contributed by atoms with van der Waals surface area (Å²) >= 11 is 0. The van der Waals surface area contributed by atoms with Crippen LogP contribution >= 0.6 is 0 Å². The minimum Gasteiger partial charge on any atom is -0.471 e. The third kappa shape index (κ3) is 4.85. The number of pyridine rings is 1. The second kappa shape index (κ2) is 7.92. The van der Waals surface area contributed by atoms with Gasteiger partial charge in [-0.2, -0.15) is 13.2 Å². The lowest BCUT2D eigenvalue weighted by Crippen LogP contribution is -2.40. The summed E-state index contributed by atoms with van der Waals surface area (Å²) < 4.78 is 67.6. The van der Waals surface area contributed by atoms with Gasteiger partial charge in [-0.25, -0.2) is 13.8 Å². The van der Waals surface area contributed by atoms with Gasteiger partial charge >= 0.3 is 6.18 Å². The van der Waals surface area contributed by atoms with Crippen LogP contribution in [0.15, 0.2) is 6.20 Å². The zero-order valence-corrected chi connectivity index (χ0v) is 13.7. The number of hydrogen-bond acceptors (Lipinski definition) is 5. The van der Waals surface area contributed by atoms with Crippen molar-refractivity contribution in [1.82, 2.24) is 10.3 Å². The molecule has 146 valence electrons. The van der Waals surface area contributed by atoms with E-state index in [0.717, 1.165) is 6.20 Å². The summed E-state index contributed by atoms with van der Waals surface area (Å²) in [6.45, 7) is -0.993. The number of ether oxygens (including phenoxy) is 1. The van der Waals surface area contributed by atoms with Gasteiger partial charge in [0, 0.05) is 6.04 Å². The number of alkyl halides is 5. The van der Waals surface area contributed by atoms with E-state index in [0.29, 0.717) is 0 Å². The number of nitrogens with two attached hydrogens (primary N) is 2. The average molecular weight is 382 g/mol. The molecule has 26 heavy (non-hydrogen) atoms. The van der Waals surface area contributed by atoms with E-state index in [-0.39, 0.29) is 42.6 Å². The summed E-state index contributed by atoms with van der Waals surface area (Å²) in [5, 5.41) is 2.55. The fraction of sp³-hybridized carbons (Fsp3) is 0.600. The normalized spacial score (nSPS) is 20.8. The maximum Gasteiger partial charge on any atom is 0.391 e. The molecule has 1 aromatic heterocycles. The Kier molecular flexibility index (Phi) is 6.09. The van der Waals surface area contributed by atoms with Crippen molar-refractivity contribution in [2.45, 2.75) is 44.3 Å². The van der Waals surface area contributed by atoms with Gasteiger partial charge in [0.1, 0.15) is 5.56 Å². The fourth-order valence-corrected chi connectivity index (χ4v) is 2.82. The Morgan fingerprint density at radius 1 is 1.27 bits per heavy atom. The number of nitrogens with one attached hydrogen (secondary N) is 1. The minimum atomic E-state index is -4.26. The third-order valence-electron chi connectivity index (χ3n) is 4.21. The second-order valence-electron chi connectivity index (χ2n) is 6.07. The van der Waals surface area contributed by atoms with E-state index in [1.807, 2.05) is 0 Å². The fourth-order valence-electron chi connectivity index (χ4n) is 2.82. The van der Waals surface area contributed by atoms with Gasteiger partial charge in [0.2, 0.25) is 5.88 Å². The molecule has 0 saturated heterocycles. The van der Waals surface area contributed by atoms with Gasteiger partial charge in [0.15, 0.2) is 6.61 Å². The molecule has 0 spiro atoms. The van der Waals surface area contributed by atoms with Crippen molar-refractivity contribution in [2.75, 3.05) is 18.1 Å². The van der Waals surface area contributed by atoms with Crippen LogP contribution in [0.1, 0.15) is 36.0 Å². The molecule has 1 saturated carbocycles. The van der Waals surface area contributed by atoms with E-state index in [1.54, 1.807) is 0 Å². The van der Waals surface area contributed by atoms with Gasteiger partial charge in [-0.15, -0.1) is 0 Å². The molecule has 2 rings (SSSR count). The molecule has 1 fully saturated rings. The van der Waals surface area contributed by atoms with Crippen LogP contribution in [0.2, 0.25) is 0 Å². The quantitative estimate of drug-likeness (QED) is 0.680. The van der Waals surface area contributed by atoms with Crippen LogP contribution < -0.4 is 21.5 Å². The number of hydrogen-bond donors (Lipinski definition) is 3. The third-order valence-corrected chi connectivity index (χ3v) is 4.21. The second-order valence-corrected chi connectivity index (χ2v) is 6.07. The maximum atomic E-state index is 12.7. The highest BCUT2D eigenvalue weighted by Gasteiger charge is 2.41. The molecular formula is C15H19F5N4O2. The lowest BCUT2D eigenvalue weighted by Gasteiger charge is -2.30. The number of nitrogen functional groups attached to an aromatic ring is 2. The van der Waals surface area contributed by atoms with Gasteiger partial charge in [0.25, 0.3) is 12.3 Å². The average Bonchev–Trinajstić information content (AvgIpc) is 2.55. The molecule has 0 radical (unpaired) electrons. The number of aromatic nitrogens is 1. The zero-order valence-electron chi connectivity index (χ0n) is 13.7. The van der Waals surface area contributed by atoms with E-state index in [2.05, 4.69) is 10.3 Å². The molecule has 1 heterocycles. The smallest absolute Gasteiger partial charge is 0.391 e. The molecule has 1 amide bonds. The number of amides is 1. The standard InChI is InChI=1S/C15H19F5N4O2/c16-10(17)6-26-14-11(12(22)9(21)5-23-14)13(25)24-8-3-1-7(2-4-8)15(18,19)20/h5,7-8,10H,1-4,6,21H2,(H2,22,23)(H,24,25). The number of carbonyl (C=O) groups excluding carboxylic acids is 1. The van der Waals surface area contributed by atoms with Crippen LogP contribution in [-0.4, -0.2) is 36.1 Å². The largest absolute Gasteiger partial charge is 0.471 e. The van der Waals surface area contributed by atoms with Crippen molar-refractivity contribution in [2.24, 2.45) is 5.92 Å². The highest BCUT2D eigenvalue weighted by atomic mass is 19.4. The molecule has 0 unspecified atom stereocenters. The Morgan fingerprint density at radius 2 is 1.88 bits per heavy atom. The molecule has 11 heteroatoms. The molecule has 5 N–H and O–H groups in total. The highest BCUT2D eigenvalue weighted by Crippen LogP contribution is 2.37. The predicted octanol–water partition coefficient (Wildman–Crippen LogP) is 2.74. The number of rotatable bonds is 5. The molecule has 6 nitrogen and oxygen atoms in total. The Hall–Kier alpha value is -2.33. The minimum absolute atomic E-state index is 0.0414. The van der Waals surface area contributed by atoms with E-state index in [9.17, 15) is 26.7 Å². The van der Waals surface area contributed by atoms with E-state index >= 15 is 0 Å². The first-order valence-electron chi connectivity index (χ1n) is 7.92. The van der Waals surface area contributed by atoms with Crippen LogP contribution in [-0.2, 0) is 0 Å². The van der Waals surface area contributed by atoms with Crippen molar-refractivity contribution < 1.29 is 31.5 Å². The van der Waals surface area contributed by atoms with Crippen molar-refractivity contribution in [3.8, 4) is 5.88 Å². The van der Waals surface area contributed by atoms with E-state index < -0.39 is 43.0 Å². The topological polar surface area (TPSA) is 103 Å². The van der Waals surface area contributed by atoms with Crippen LogP contribution in [0.4, 0.5) is 33.3 Å². The lowest BCUT2D eigenvalue weighted by atomic mass is 9.85. The van der Waals surface area contributed by atoms with Crippen molar-refractivity contribution in [3.63, 3.8) is 0 Å². The van der Waals surface area contributed by atoms with Gasteiger partial charge in [-0.05, 0) is 25.7 Å². The summed E-state index contributed by atoms with van der Waals surface area (Å²) in [5.41, 5.74) is 10.8. The maximum absolute atomic E-state index is 12.7. The Labute approximate surface area is 146 Å². The summed E-state index contributed by atoms with van der Waals surface area (Å²) in [4.78, 5) is 16.2.